The summed E-state index contributed by atoms with van der Waals surface area (Å²) in [6.07, 6.45) is 3.09. The van der Waals surface area contributed by atoms with E-state index >= 15 is 0 Å². The SMILES string of the molecule is O=c1oc2ccccc2n1CN1CCN(S(=O)(=O)c2ccc3c(c2)CCC3)CC1. The van der Waals surface area contributed by atoms with Crippen LogP contribution in [0.3, 0.4) is 0 Å². The maximum absolute atomic E-state index is 13.1. The molecule has 3 aromatic rings. The van der Waals surface area contributed by atoms with Crippen LogP contribution in [0.25, 0.3) is 11.1 Å². The topological polar surface area (TPSA) is 75.8 Å². The number of aromatic nitrogens is 1. The molecule has 1 aliphatic heterocycles. The fraction of sp³-hybridized carbons (Fsp3) is 0.381. The zero-order valence-electron chi connectivity index (χ0n) is 16.1. The molecule has 29 heavy (non-hydrogen) atoms. The Bertz CT molecular complexity index is 1220. The van der Waals surface area contributed by atoms with Crippen molar-refractivity contribution in [2.45, 2.75) is 30.8 Å². The number of benzene rings is 2. The molecule has 152 valence electrons. The summed E-state index contributed by atoms with van der Waals surface area (Å²) in [5.41, 5.74) is 3.75. The molecule has 1 aliphatic carbocycles. The Morgan fingerprint density at radius 1 is 0.931 bits per heavy atom. The number of piperazine rings is 1. The lowest BCUT2D eigenvalue weighted by Gasteiger charge is -2.33. The van der Waals surface area contributed by atoms with Crippen molar-refractivity contribution in [3.05, 3.63) is 64.1 Å². The second-order valence-corrected chi connectivity index (χ2v) is 9.65. The van der Waals surface area contributed by atoms with E-state index in [0.29, 0.717) is 43.3 Å². The predicted molar refractivity (Wildman–Crippen MR) is 109 cm³/mol. The van der Waals surface area contributed by atoms with E-state index < -0.39 is 10.0 Å². The first-order valence-electron chi connectivity index (χ1n) is 9.95. The minimum Gasteiger partial charge on any atom is -0.408 e. The highest BCUT2D eigenvalue weighted by Gasteiger charge is 2.29. The fourth-order valence-electron chi connectivity index (χ4n) is 4.32. The van der Waals surface area contributed by atoms with Crippen LogP contribution in [-0.2, 0) is 29.5 Å². The van der Waals surface area contributed by atoms with E-state index in [1.807, 2.05) is 30.3 Å². The Morgan fingerprint density at radius 2 is 1.69 bits per heavy atom. The Labute approximate surface area is 169 Å². The second kappa shape index (κ2) is 7.12. The molecule has 0 radical (unpaired) electrons. The third-order valence-electron chi connectivity index (χ3n) is 5.95. The van der Waals surface area contributed by atoms with Crippen LogP contribution in [0.1, 0.15) is 17.5 Å². The molecule has 2 aliphatic rings. The summed E-state index contributed by atoms with van der Waals surface area (Å²) in [6, 6.07) is 12.9. The number of sulfonamides is 1. The average molecular weight is 413 g/mol. The monoisotopic (exact) mass is 413 g/mol. The molecular weight excluding hydrogens is 390 g/mol. The van der Waals surface area contributed by atoms with Crippen molar-refractivity contribution in [1.29, 1.82) is 0 Å². The van der Waals surface area contributed by atoms with Crippen molar-refractivity contribution >= 4 is 21.1 Å². The molecule has 0 atom stereocenters. The first-order valence-corrected chi connectivity index (χ1v) is 11.4. The summed E-state index contributed by atoms with van der Waals surface area (Å²) in [7, 11) is -3.49. The van der Waals surface area contributed by atoms with Gasteiger partial charge in [-0.25, -0.2) is 13.2 Å². The van der Waals surface area contributed by atoms with Crippen LogP contribution in [-0.4, -0.2) is 48.4 Å². The highest BCUT2D eigenvalue weighted by atomic mass is 32.2. The molecule has 2 aromatic carbocycles. The van der Waals surface area contributed by atoms with E-state index in [1.54, 1.807) is 21.0 Å². The third kappa shape index (κ3) is 3.31. The van der Waals surface area contributed by atoms with Gasteiger partial charge in [0.25, 0.3) is 0 Å². The molecule has 2 heterocycles. The van der Waals surface area contributed by atoms with Gasteiger partial charge in [-0.3, -0.25) is 9.47 Å². The molecule has 5 rings (SSSR count). The number of aryl methyl sites for hydroxylation is 2. The molecule has 0 amide bonds. The molecule has 8 heteroatoms. The van der Waals surface area contributed by atoms with Crippen LogP contribution in [0.4, 0.5) is 0 Å². The molecule has 1 saturated heterocycles. The number of oxazole rings is 1. The van der Waals surface area contributed by atoms with Crippen molar-refractivity contribution in [3.8, 4) is 0 Å². The summed E-state index contributed by atoms with van der Waals surface area (Å²) in [4.78, 5) is 14.7. The minimum atomic E-state index is -3.49. The van der Waals surface area contributed by atoms with Gasteiger partial charge in [-0.2, -0.15) is 4.31 Å². The summed E-state index contributed by atoms with van der Waals surface area (Å²) >= 11 is 0. The molecule has 0 saturated carbocycles. The van der Waals surface area contributed by atoms with E-state index in [9.17, 15) is 13.2 Å². The molecule has 0 N–H and O–H groups in total. The predicted octanol–water partition coefficient (Wildman–Crippen LogP) is 2.05. The normalized spacial score (nSPS) is 18.3. The van der Waals surface area contributed by atoms with Gasteiger partial charge in [0.2, 0.25) is 10.0 Å². The Morgan fingerprint density at radius 3 is 2.52 bits per heavy atom. The van der Waals surface area contributed by atoms with Crippen molar-refractivity contribution in [3.63, 3.8) is 0 Å². The number of para-hydroxylation sites is 2. The Kier molecular flexibility index (Phi) is 4.57. The van der Waals surface area contributed by atoms with Gasteiger partial charge in [0.05, 0.1) is 17.1 Å². The van der Waals surface area contributed by atoms with Crippen LogP contribution >= 0.6 is 0 Å². The van der Waals surface area contributed by atoms with Crippen LogP contribution in [0, 0.1) is 0 Å². The van der Waals surface area contributed by atoms with Crippen LogP contribution in [0.15, 0.2) is 56.6 Å². The summed E-state index contributed by atoms with van der Waals surface area (Å²) in [6.45, 7) is 2.34. The average Bonchev–Trinajstić information content (AvgIpc) is 3.32. The lowest BCUT2D eigenvalue weighted by atomic mass is 10.1. The smallest absolute Gasteiger partial charge is 0.408 e. The van der Waals surface area contributed by atoms with Gasteiger partial charge in [-0.1, -0.05) is 18.2 Å². The Balaban J connectivity index is 1.30. The highest BCUT2D eigenvalue weighted by molar-refractivity contribution is 7.89. The molecule has 1 aromatic heterocycles. The van der Waals surface area contributed by atoms with Crippen molar-refractivity contribution in [2.24, 2.45) is 0 Å². The Hall–Kier alpha value is -2.42. The first kappa shape index (κ1) is 18.6. The first-order chi connectivity index (χ1) is 14.0. The van der Waals surface area contributed by atoms with E-state index in [4.69, 9.17) is 4.42 Å². The maximum atomic E-state index is 13.1. The van der Waals surface area contributed by atoms with Crippen molar-refractivity contribution in [1.82, 2.24) is 13.8 Å². The highest BCUT2D eigenvalue weighted by Crippen LogP contribution is 2.26. The van der Waals surface area contributed by atoms with Gasteiger partial charge < -0.3 is 4.42 Å². The largest absolute Gasteiger partial charge is 0.421 e. The fourth-order valence-corrected chi connectivity index (χ4v) is 5.79. The van der Waals surface area contributed by atoms with E-state index in [1.165, 1.54) is 5.56 Å². The molecule has 7 nitrogen and oxygen atoms in total. The van der Waals surface area contributed by atoms with Crippen LogP contribution in [0.5, 0.6) is 0 Å². The van der Waals surface area contributed by atoms with Gasteiger partial charge in [0, 0.05) is 26.2 Å². The van der Waals surface area contributed by atoms with Crippen molar-refractivity contribution in [2.75, 3.05) is 26.2 Å². The lowest BCUT2D eigenvalue weighted by molar-refractivity contribution is 0.150. The second-order valence-electron chi connectivity index (χ2n) is 7.71. The summed E-state index contributed by atoms with van der Waals surface area (Å²) in [5, 5.41) is 0. The van der Waals surface area contributed by atoms with Crippen LogP contribution in [0.2, 0.25) is 0 Å². The van der Waals surface area contributed by atoms with Gasteiger partial charge in [0.1, 0.15) is 0 Å². The number of hydrogen-bond acceptors (Lipinski definition) is 5. The van der Waals surface area contributed by atoms with E-state index in [2.05, 4.69) is 4.90 Å². The van der Waals surface area contributed by atoms with Gasteiger partial charge in [0.15, 0.2) is 5.58 Å². The number of hydrogen-bond donors (Lipinski definition) is 0. The maximum Gasteiger partial charge on any atom is 0.421 e. The standard InChI is InChI=1S/C21H23N3O4S/c25-21-24(19-6-1-2-7-20(19)28-21)15-22-10-12-23(13-11-22)29(26,27)18-9-8-16-4-3-5-17(16)14-18/h1-2,6-9,14H,3-5,10-13,15H2. The molecule has 0 spiro atoms. The summed E-state index contributed by atoms with van der Waals surface area (Å²) < 4.78 is 34.6. The van der Waals surface area contributed by atoms with Gasteiger partial charge in [-0.05, 0) is 54.7 Å². The van der Waals surface area contributed by atoms with Crippen LogP contribution < -0.4 is 5.76 Å². The zero-order valence-corrected chi connectivity index (χ0v) is 16.9. The lowest BCUT2D eigenvalue weighted by Crippen LogP contribution is -2.49. The molecule has 0 unspecified atom stereocenters. The van der Waals surface area contributed by atoms with Gasteiger partial charge in [-0.15, -0.1) is 0 Å². The van der Waals surface area contributed by atoms with E-state index in [-0.39, 0.29) is 5.76 Å². The molecule has 0 bridgehead atoms. The zero-order chi connectivity index (χ0) is 20.0. The number of rotatable bonds is 4. The third-order valence-corrected chi connectivity index (χ3v) is 7.85. The van der Waals surface area contributed by atoms with Gasteiger partial charge >= 0.3 is 5.76 Å². The minimum absolute atomic E-state index is 0.389. The molecular formula is C21H23N3O4S. The number of fused-ring (bicyclic) bond motifs is 2. The van der Waals surface area contributed by atoms with E-state index in [0.717, 1.165) is 30.3 Å². The van der Waals surface area contributed by atoms with Crippen molar-refractivity contribution < 1.29 is 12.8 Å². The number of nitrogens with zero attached hydrogens (tertiary/aromatic N) is 3. The molecule has 1 fully saturated rings. The quantitative estimate of drug-likeness (QED) is 0.654. The summed E-state index contributed by atoms with van der Waals surface area (Å²) in [5.74, 6) is -0.389.